The van der Waals surface area contributed by atoms with Crippen molar-refractivity contribution in [2.45, 2.75) is 0 Å². The lowest BCUT2D eigenvalue weighted by Gasteiger charge is -2.04. The molecule has 0 aliphatic heterocycles. The molecule has 0 spiro atoms. The summed E-state index contributed by atoms with van der Waals surface area (Å²) in [6, 6.07) is 12.4. The van der Waals surface area contributed by atoms with E-state index in [0.717, 1.165) is 12.1 Å². The van der Waals surface area contributed by atoms with Crippen molar-refractivity contribution in [1.82, 2.24) is 0 Å². The molecule has 1 N–H and O–H groups in total. The number of nitro benzene ring substituents is 1. The molecule has 7 heteroatoms. The Kier molecular flexibility index (Phi) is 4.88. The highest BCUT2D eigenvalue weighted by atomic mass is 79.9. The number of nitriles is 1. The maximum atomic E-state index is 12.3. The molecule has 23 heavy (non-hydrogen) atoms. The zero-order valence-corrected chi connectivity index (χ0v) is 13.1. The van der Waals surface area contributed by atoms with Gasteiger partial charge in [-0.25, -0.2) is 0 Å². The van der Waals surface area contributed by atoms with Gasteiger partial charge in [0, 0.05) is 21.7 Å². The number of phenols is 1. The molecular weight excluding hydrogens is 364 g/mol. The molecule has 0 saturated carbocycles. The Morgan fingerprint density at radius 2 is 1.96 bits per heavy atom. The van der Waals surface area contributed by atoms with Crippen LogP contribution in [-0.4, -0.2) is 15.8 Å². The number of aromatic hydroxyl groups is 1. The van der Waals surface area contributed by atoms with Crippen molar-refractivity contribution in [1.29, 1.82) is 5.26 Å². The summed E-state index contributed by atoms with van der Waals surface area (Å²) in [5, 5.41) is 30.1. The molecule has 0 fully saturated rings. The number of phenolic OH excluding ortho intramolecular Hbond substituents is 1. The second-order valence-electron chi connectivity index (χ2n) is 4.48. The van der Waals surface area contributed by atoms with E-state index in [-0.39, 0.29) is 11.1 Å². The van der Waals surface area contributed by atoms with Gasteiger partial charge in [-0.15, -0.1) is 0 Å². The van der Waals surface area contributed by atoms with E-state index in [2.05, 4.69) is 15.9 Å². The highest BCUT2D eigenvalue weighted by molar-refractivity contribution is 9.10. The lowest BCUT2D eigenvalue weighted by Crippen LogP contribution is -2.01. The van der Waals surface area contributed by atoms with Gasteiger partial charge in [-0.2, -0.15) is 5.26 Å². The number of allylic oxidation sites excluding steroid dienone is 1. The minimum Gasteiger partial charge on any atom is -0.502 e. The molecule has 6 nitrogen and oxygen atoms in total. The number of hydrogen-bond acceptors (Lipinski definition) is 5. The van der Waals surface area contributed by atoms with Crippen molar-refractivity contribution in [3.05, 3.63) is 73.8 Å². The SMILES string of the molecule is N#C/C(=C\c1cc(Br)cc([N+](=O)[O-])c1O)C(=O)c1ccccc1. The number of nitrogens with zero attached hydrogens (tertiary/aromatic N) is 2. The Hall–Kier alpha value is -2.98. The zero-order valence-electron chi connectivity index (χ0n) is 11.6. The quantitative estimate of drug-likeness (QED) is 0.288. The summed E-state index contributed by atoms with van der Waals surface area (Å²) in [5.41, 5.74) is -0.440. The van der Waals surface area contributed by atoms with Gasteiger partial charge in [0.1, 0.15) is 11.6 Å². The topological polar surface area (TPSA) is 104 Å². The van der Waals surface area contributed by atoms with Crippen LogP contribution in [0.1, 0.15) is 15.9 Å². The first-order chi connectivity index (χ1) is 10.9. The van der Waals surface area contributed by atoms with Gasteiger partial charge in [0.2, 0.25) is 11.5 Å². The van der Waals surface area contributed by atoms with E-state index < -0.39 is 22.1 Å². The Labute approximate surface area is 139 Å². The third-order valence-electron chi connectivity index (χ3n) is 2.98. The molecule has 0 saturated heterocycles. The first-order valence-corrected chi connectivity index (χ1v) is 7.11. The smallest absolute Gasteiger partial charge is 0.312 e. The lowest BCUT2D eigenvalue weighted by atomic mass is 10.0. The zero-order chi connectivity index (χ0) is 17.0. The molecule has 0 heterocycles. The highest BCUT2D eigenvalue weighted by Gasteiger charge is 2.19. The van der Waals surface area contributed by atoms with Crippen molar-refractivity contribution >= 4 is 33.5 Å². The summed E-state index contributed by atoms with van der Waals surface area (Å²) in [5.74, 6) is -1.14. The number of carbonyl (C=O) groups is 1. The Balaban J connectivity index is 2.53. The molecule has 0 radical (unpaired) electrons. The maximum absolute atomic E-state index is 12.3. The predicted octanol–water partition coefficient (Wildman–Crippen LogP) is 3.85. The fraction of sp³-hybridized carbons (Fsp3) is 0. The van der Waals surface area contributed by atoms with E-state index in [1.165, 1.54) is 6.07 Å². The summed E-state index contributed by atoms with van der Waals surface area (Å²) in [6.07, 6.45) is 1.13. The van der Waals surface area contributed by atoms with Crippen LogP contribution in [0.25, 0.3) is 6.08 Å². The number of hydrogen-bond donors (Lipinski definition) is 1. The lowest BCUT2D eigenvalue weighted by molar-refractivity contribution is -0.385. The molecule has 0 aliphatic rings. The number of nitro groups is 1. The Morgan fingerprint density at radius 3 is 2.52 bits per heavy atom. The summed E-state index contributed by atoms with van der Waals surface area (Å²) in [7, 11) is 0. The monoisotopic (exact) mass is 372 g/mol. The highest BCUT2D eigenvalue weighted by Crippen LogP contribution is 2.34. The average Bonchev–Trinajstić information content (AvgIpc) is 2.55. The first-order valence-electron chi connectivity index (χ1n) is 6.32. The van der Waals surface area contributed by atoms with Crippen LogP contribution < -0.4 is 0 Å². The third kappa shape index (κ3) is 3.62. The second kappa shape index (κ2) is 6.85. The van der Waals surface area contributed by atoms with Crippen LogP contribution in [0.5, 0.6) is 5.75 Å². The normalized spacial score (nSPS) is 10.9. The number of halogens is 1. The van der Waals surface area contributed by atoms with Gasteiger partial charge in [-0.05, 0) is 12.1 Å². The van der Waals surface area contributed by atoms with E-state index in [4.69, 9.17) is 0 Å². The van der Waals surface area contributed by atoms with Crippen LogP contribution in [0.2, 0.25) is 0 Å². The average molecular weight is 373 g/mol. The molecule has 2 aromatic rings. The van der Waals surface area contributed by atoms with E-state index in [0.29, 0.717) is 10.0 Å². The van der Waals surface area contributed by atoms with Crippen molar-refractivity contribution in [3.63, 3.8) is 0 Å². The minimum absolute atomic E-state index is 0.00639. The second-order valence-corrected chi connectivity index (χ2v) is 5.40. The van der Waals surface area contributed by atoms with Gasteiger partial charge < -0.3 is 5.11 Å². The summed E-state index contributed by atoms with van der Waals surface area (Å²) in [4.78, 5) is 22.4. The fourth-order valence-electron chi connectivity index (χ4n) is 1.90. The first kappa shape index (κ1) is 16.4. The summed E-state index contributed by atoms with van der Waals surface area (Å²) < 4.78 is 0.345. The van der Waals surface area contributed by atoms with Crippen LogP contribution in [0.3, 0.4) is 0 Å². The third-order valence-corrected chi connectivity index (χ3v) is 3.44. The van der Waals surface area contributed by atoms with Gasteiger partial charge in [-0.1, -0.05) is 46.3 Å². The van der Waals surface area contributed by atoms with Crippen LogP contribution in [0.15, 0.2) is 52.5 Å². The standard InChI is InChI=1S/C16H9BrN2O4/c17-13-7-11(16(21)14(8-13)19(22)23)6-12(9-18)15(20)10-4-2-1-3-5-10/h1-8,21H/b12-6+. The van der Waals surface area contributed by atoms with E-state index in [1.54, 1.807) is 36.4 Å². The van der Waals surface area contributed by atoms with Crippen LogP contribution in [0.4, 0.5) is 5.69 Å². The van der Waals surface area contributed by atoms with Gasteiger partial charge in [0.15, 0.2) is 0 Å². The van der Waals surface area contributed by atoms with Crippen molar-refractivity contribution < 1.29 is 14.8 Å². The van der Waals surface area contributed by atoms with E-state index in [1.807, 2.05) is 0 Å². The van der Waals surface area contributed by atoms with Crippen LogP contribution in [-0.2, 0) is 0 Å². The Morgan fingerprint density at radius 1 is 1.30 bits per heavy atom. The van der Waals surface area contributed by atoms with Crippen LogP contribution >= 0.6 is 15.9 Å². The molecule has 0 amide bonds. The number of carbonyl (C=O) groups excluding carboxylic acids is 1. The molecule has 0 bridgehead atoms. The summed E-state index contributed by atoms with van der Waals surface area (Å²) >= 11 is 3.10. The largest absolute Gasteiger partial charge is 0.502 e. The number of Topliss-reactive ketones (excluding diaryl/α,β-unsaturated/α-hetero) is 1. The molecule has 0 atom stereocenters. The minimum atomic E-state index is -0.748. The van der Waals surface area contributed by atoms with Gasteiger partial charge in [0.05, 0.1) is 4.92 Å². The fourth-order valence-corrected chi connectivity index (χ4v) is 2.37. The maximum Gasteiger partial charge on any atom is 0.312 e. The van der Waals surface area contributed by atoms with Gasteiger partial charge in [0.25, 0.3) is 0 Å². The molecule has 0 unspecified atom stereocenters. The molecule has 2 rings (SSSR count). The van der Waals surface area contributed by atoms with E-state index >= 15 is 0 Å². The van der Waals surface area contributed by atoms with Crippen molar-refractivity contribution in [3.8, 4) is 11.8 Å². The number of benzene rings is 2. The molecule has 0 aromatic heterocycles. The van der Waals surface area contributed by atoms with Crippen LogP contribution in [0, 0.1) is 21.4 Å². The van der Waals surface area contributed by atoms with Crippen molar-refractivity contribution in [2.75, 3.05) is 0 Å². The number of rotatable bonds is 4. The molecule has 0 aliphatic carbocycles. The van der Waals surface area contributed by atoms with Crippen molar-refractivity contribution in [2.24, 2.45) is 0 Å². The molecule has 114 valence electrons. The number of ketones is 1. The van der Waals surface area contributed by atoms with Gasteiger partial charge >= 0.3 is 5.69 Å². The van der Waals surface area contributed by atoms with E-state index in [9.17, 15) is 25.3 Å². The molecule has 2 aromatic carbocycles. The molecular formula is C16H9BrN2O4. The van der Waals surface area contributed by atoms with Gasteiger partial charge in [-0.3, -0.25) is 14.9 Å². The predicted molar refractivity (Wildman–Crippen MR) is 86.8 cm³/mol. The summed E-state index contributed by atoms with van der Waals surface area (Å²) in [6.45, 7) is 0. The Bertz CT molecular complexity index is 854.